The van der Waals surface area contributed by atoms with Gasteiger partial charge in [-0.3, -0.25) is 9.80 Å². The van der Waals surface area contributed by atoms with Crippen molar-refractivity contribution in [1.29, 1.82) is 0 Å². The van der Waals surface area contributed by atoms with Crippen molar-refractivity contribution in [2.45, 2.75) is 38.2 Å². The average molecular weight is 410 g/mol. The van der Waals surface area contributed by atoms with Gasteiger partial charge in [-0.1, -0.05) is 31.5 Å². The summed E-state index contributed by atoms with van der Waals surface area (Å²) in [5, 5.41) is 0. The van der Waals surface area contributed by atoms with E-state index in [1.54, 1.807) is 16.4 Å². The maximum Gasteiger partial charge on any atom is 0.243 e. The third-order valence-electron chi connectivity index (χ3n) is 5.51. The van der Waals surface area contributed by atoms with Crippen LogP contribution in [0.4, 0.5) is 0 Å². The third kappa shape index (κ3) is 5.76. The van der Waals surface area contributed by atoms with Crippen molar-refractivity contribution in [3.8, 4) is 0 Å². The largest absolute Gasteiger partial charge is 0.374 e. The first-order valence-corrected chi connectivity index (χ1v) is 11.9. The molecule has 2 aliphatic rings. The lowest BCUT2D eigenvalue weighted by Crippen LogP contribution is -2.49. The lowest BCUT2D eigenvalue weighted by molar-refractivity contribution is -0.0454. The molecule has 7 heteroatoms. The number of sulfonamides is 1. The topological polar surface area (TPSA) is 53.1 Å². The fraction of sp³-hybridized carbons (Fsp3) is 0.714. The highest BCUT2D eigenvalue weighted by Crippen LogP contribution is 2.19. The van der Waals surface area contributed by atoms with E-state index < -0.39 is 10.0 Å². The molecule has 0 spiro atoms. The van der Waals surface area contributed by atoms with Gasteiger partial charge in [-0.25, -0.2) is 8.42 Å². The molecule has 2 aliphatic heterocycles. The number of benzene rings is 1. The highest BCUT2D eigenvalue weighted by molar-refractivity contribution is 7.89. The van der Waals surface area contributed by atoms with Crippen molar-refractivity contribution in [2.75, 3.05) is 59.0 Å². The smallest absolute Gasteiger partial charge is 0.243 e. The predicted octanol–water partition coefficient (Wildman–Crippen LogP) is 2.05. The van der Waals surface area contributed by atoms with Crippen LogP contribution in [-0.2, 0) is 14.8 Å². The normalized spacial score (nSPS) is 23.8. The van der Waals surface area contributed by atoms with Gasteiger partial charge in [0.25, 0.3) is 0 Å². The van der Waals surface area contributed by atoms with Crippen LogP contribution in [0.5, 0.6) is 0 Å². The van der Waals surface area contributed by atoms with Gasteiger partial charge in [0.2, 0.25) is 10.0 Å². The molecule has 2 saturated heterocycles. The molecule has 158 valence electrons. The number of rotatable bonds is 6. The van der Waals surface area contributed by atoms with Crippen molar-refractivity contribution >= 4 is 10.0 Å². The van der Waals surface area contributed by atoms with E-state index >= 15 is 0 Å². The molecule has 1 atom stereocenters. The Balaban J connectivity index is 1.55. The number of aryl methyl sites for hydroxylation is 1. The minimum Gasteiger partial charge on any atom is -0.374 e. The van der Waals surface area contributed by atoms with E-state index in [4.69, 9.17) is 4.74 Å². The summed E-state index contributed by atoms with van der Waals surface area (Å²) in [7, 11) is -3.41. The molecule has 0 unspecified atom stereocenters. The molecule has 0 bridgehead atoms. The van der Waals surface area contributed by atoms with Crippen LogP contribution in [0.25, 0.3) is 0 Å². The second-order valence-corrected chi connectivity index (χ2v) is 10.5. The minimum absolute atomic E-state index is 0.216. The Morgan fingerprint density at radius 1 is 1.04 bits per heavy atom. The highest BCUT2D eigenvalue weighted by Gasteiger charge is 2.29. The van der Waals surface area contributed by atoms with Gasteiger partial charge in [0.05, 0.1) is 17.6 Å². The van der Waals surface area contributed by atoms with E-state index in [1.807, 2.05) is 19.1 Å². The summed E-state index contributed by atoms with van der Waals surface area (Å²) >= 11 is 0. The number of nitrogens with zero attached hydrogens (tertiary/aromatic N) is 3. The lowest BCUT2D eigenvalue weighted by atomic mass is 10.1. The Bertz CT molecular complexity index is 721. The van der Waals surface area contributed by atoms with E-state index in [0.29, 0.717) is 23.9 Å². The molecular formula is C21H35N3O3S. The Labute approximate surface area is 170 Å². The van der Waals surface area contributed by atoms with Crippen molar-refractivity contribution in [3.63, 3.8) is 0 Å². The Kier molecular flexibility index (Phi) is 7.50. The molecule has 3 rings (SSSR count). The van der Waals surface area contributed by atoms with Gasteiger partial charge >= 0.3 is 0 Å². The maximum absolute atomic E-state index is 13.0. The number of morpholine rings is 1. The minimum atomic E-state index is -3.41. The van der Waals surface area contributed by atoms with Crippen molar-refractivity contribution in [3.05, 3.63) is 29.8 Å². The second-order valence-electron chi connectivity index (χ2n) is 8.52. The lowest BCUT2D eigenvalue weighted by Gasteiger charge is -2.36. The predicted molar refractivity (Wildman–Crippen MR) is 112 cm³/mol. The van der Waals surface area contributed by atoms with E-state index in [-0.39, 0.29) is 6.10 Å². The van der Waals surface area contributed by atoms with Crippen LogP contribution in [0.2, 0.25) is 0 Å². The fourth-order valence-corrected chi connectivity index (χ4v) is 5.56. The van der Waals surface area contributed by atoms with Crippen molar-refractivity contribution < 1.29 is 13.2 Å². The van der Waals surface area contributed by atoms with Gasteiger partial charge in [0.1, 0.15) is 0 Å². The number of hydrogen-bond donors (Lipinski definition) is 0. The molecule has 28 heavy (non-hydrogen) atoms. The zero-order chi connectivity index (χ0) is 20.1. The summed E-state index contributed by atoms with van der Waals surface area (Å²) in [5.41, 5.74) is 1.07. The van der Waals surface area contributed by atoms with Crippen LogP contribution in [0.1, 0.15) is 25.8 Å². The summed E-state index contributed by atoms with van der Waals surface area (Å²) in [5.74, 6) is 0.664. The van der Waals surface area contributed by atoms with Crippen molar-refractivity contribution in [2.24, 2.45) is 5.92 Å². The van der Waals surface area contributed by atoms with Crippen molar-refractivity contribution in [1.82, 2.24) is 14.1 Å². The van der Waals surface area contributed by atoms with Gasteiger partial charge < -0.3 is 4.74 Å². The molecule has 0 aromatic heterocycles. The summed E-state index contributed by atoms with van der Waals surface area (Å²) in [6, 6.07) is 7.15. The zero-order valence-electron chi connectivity index (χ0n) is 17.5. The van der Waals surface area contributed by atoms with E-state index in [9.17, 15) is 8.42 Å². The van der Waals surface area contributed by atoms with Crippen LogP contribution in [0.15, 0.2) is 29.2 Å². The van der Waals surface area contributed by atoms with Crippen LogP contribution in [0, 0.1) is 12.8 Å². The first kappa shape index (κ1) is 21.7. The van der Waals surface area contributed by atoms with Gasteiger partial charge in [0, 0.05) is 45.8 Å². The molecule has 0 amide bonds. The molecule has 0 radical (unpaired) electrons. The van der Waals surface area contributed by atoms with Crippen LogP contribution in [0.3, 0.4) is 0 Å². The third-order valence-corrected chi connectivity index (χ3v) is 7.43. The number of ether oxygens (including phenoxy) is 1. The molecule has 1 aromatic rings. The molecule has 0 aliphatic carbocycles. The summed E-state index contributed by atoms with van der Waals surface area (Å²) in [6.45, 7) is 14.0. The standard InChI is InChI=1S/C21H35N3O3S/c1-18(2)15-23-13-14-27-20(17-23)16-22-9-4-10-24(12-11-22)28(25,26)21-7-5-19(3)6-8-21/h5-8,18,20H,4,9-17H2,1-3H3/t20-/m1/s1. The van der Waals surface area contributed by atoms with E-state index in [0.717, 1.165) is 57.9 Å². The van der Waals surface area contributed by atoms with Gasteiger partial charge in [-0.15, -0.1) is 0 Å². The first-order chi connectivity index (χ1) is 13.3. The van der Waals surface area contributed by atoms with Gasteiger partial charge in [0.15, 0.2) is 0 Å². The van der Waals surface area contributed by atoms with E-state index in [1.165, 1.54) is 0 Å². The van der Waals surface area contributed by atoms with Gasteiger partial charge in [-0.2, -0.15) is 4.31 Å². The van der Waals surface area contributed by atoms with E-state index in [2.05, 4.69) is 23.6 Å². The average Bonchev–Trinajstić information content (AvgIpc) is 2.88. The fourth-order valence-electron chi connectivity index (χ4n) is 4.09. The zero-order valence-corrected chi connectivity index (χ0v) is 18.3. The Morgan fingerprint density at radius 3 is 2.50 bits per heavy atom. The quantitative estimate of drug-likeness (QED) is 0.720. The van der Waals surface area contributed by atoms with Crippen LogP contribution in [-0.4, -0.2) is 87.6 Å². The molecule has 0 saturated carbocycles. The Morgan fingerprint density at radius 2 is 1.79 bits per heavy atom. The molecule has 2 fully saturated rings. The van der Waals surface area contributed by atoms with Crippen LogP contribution >= 0.6 is 0 Å². The summed E-state index contributed by atoms with van der Waals surface area (Å²) in [6.07, 6.45) is 1.07. The molecule has 1 aromatic carbocycles. The first-order valence-electron chi connectivity index (χ1n) is 10.5. The molecule has 2 heterocycles. The SMILES string of the molecule is Cc1ccc(S(=O)(=O)N2CCCN(C[C@@H]3CN(CC(C)C)CCO3)CC2)cc1. The molecular weight excluding hydrogens is 374 g/mol. The van der Waals surface area contributed by atoms with Gasteiger partial charge in [-0.05, 0) is 37.9 Å². The summed E-state index contributed by atoms with van der Waals surface area (Å²) < 4.78 is 33.6. The second kappa shape index (κ2) is 9.67. The monoisotopic (exact) mass is 409 g/mol. The molecule has 0 N–H and O–H groups in total. The number of hydrogen-bond acceptors (Lipinski definition) is 5. The Hall–Kier alpha value is -0.990. The molecule has 6 nitrogen and oxygen atoms in total. The maximum atomic E-state index is 13.0. The highest BCUT2D eigenvalue weighted by atomic mass is 32.2. The summed E-state index contributed by atoms with van der Waals surface area (Å²) in [4.78, 5) is 5.26. The van der Waals surface area contributed by atoms with Crippen LogP contribution < -0.4 is 0 Å².